The number of carbonyl (C=O) groups is 1. The second kappa shape index (κ2) is 9.60. The number of nitrogens with one attached hydrogen (secondary N) is 1. The smallest absolute Gasteiger partial charge is 0.417 e. The van der Waals surface area contributed by atoms with Crippen LogP contribution in [0.4, 0.5) is 18.0 Å². The second-order valence-electron chi connectivity index (χ2n) is 7.50. The number of hydrogen-bond donors (Lipinski definition) is 1. The first-order valence-electron chi connectivity index (χ1n) is 10.3. The molecule has 168 valence electrons. The van der Waals surface area contributed by atoms with Gasteiger partial charge in [0.1, 0.15) is 6.61 Å². The highest BCUT2D eigenvalue weighted by atomic mass is 35.5. The molecule has 4 rings (SSSR count). The maximum atomic E-state index is 12.9. The maximum absolute atomic E-state index is 12.9. The van der Waals surface area contributed by atoms with Gasteiger partial charge in [-0.3, -0.25) is 0 Å². The van der Waals surface area contributed by atoms with Gasteiger partial charge in [-0.1, -0.05) is 72.0 Å². The molecule has 1 aliphatic rings. The van der Waals surface area contributed by atoms with E-state index in [9.17, 15) is 18.0 Å². The Labute approximate surface area is 194 Å². The van der Waals surface area contributed by atoms with E-state index in [0.717, 1.165) is 28.3 Å². The Bertz CT molecular complexity index is 1200. The zero-order valence-corrected chi connectivity index (χ0v) is 18.1. The van der Waals surface area contributed by atoms with Gasteiger partial charge in [0.15, 0.2) is 0 Å². The molecule has 3 aromatic carbocycles. The Morgan fingerprint density at radius 1 is 1.00 bits per heavy atom. The standard InChI is InChI=1S/C26H19ClF3NO2/c27-24-13-12-17(15-23(24)26(28,29)30)7-5-6-14-31-25(32)33-16-22-20-10-3-1-8-18(20)19-9-2-4-11-21(19)22/h1-4,8-13,15,22H,6,14,16H2,(H,31,32). The molecule has 0 atom stereocenters. The van der Waals surface area contributed by atoms with Gasteiger partial charge >= 0.3 is 12.3 Å². The monoisotopic (exact) mass is 469 g/mol. The van der Waals surface area contributed by atoms with Crippen LogP contribution in [0.3, 0.4) is 0 Å². The van der Waals surface area contributed by atoms with Crippen molar-refractivity contribution in [1.29, 1.82) is 0 Å². The molecule has 0 heterocycles. The largest absolute Gasteiger partial charge is 0.449 e. The minimum absolute atomic E-state index is 0.0318. The van der Waals surface area contributed by atoms with Crippen molar-refractivity contribution in [2.24, 2.45) is 0 Å². The average molecular weight is 470 g/mol. The molecule has 3 aromatic rings. The molecule has 1 aliphatic carbocycles. The lowest BCUT2D eigenvalue weighted by Crippen LogP contribution is -2.26. The number of carbonyl (C=O) groups excluding carboxylic acids is 1. The first-order valence-corrected chi connectivity index (χ1v) is 10.7. The van der Waals surface area contributed by atoms with Gasteiger partial charge in [0.25, 0.3) is 0 Å². The van der Waals surface area contributed by atoms with Crippen molar-refractivity contribution in [3.8, 4) is 23.0 Å². The van der Waals surface area contributed by atoms with Crippen LogP contribution in [-0.4, -0.2) is 19.2 Å². The second-order valence-corrected chi connectivity index (χ2v) is 7.90. The molecule has 0 fully saturated rings. The van der Waals surface area contributed by atoms with Crippen LogP contribution in [0.25, 0.3) is 11.1 Å². The molecule has 0 spiro atoms. The molecule has 0 aromatic heterocycles. The van der Waals surface area contributed by atoms with E-state index >= 15 is 0 Å². The van der Waals surface area contributed by atoms with Crippen LogP contribution in [0.5, 0.6) is 0 Å². The van der Waals surface area contributed by atoms with E-state index < -0.39 is 17.8 Å². The lowest BCUT2D eigenvalue weighted by atomic mass is 9.98. The first-order chi connectivity index (χ1) is 15.8. The number of hydrogen-bond acceptors (Lipinski definition) is 2. The Morgan fingerprint density at radius 3 is 2.27 bits per heavy atom. The molecule has 33 heavy (non-hydrogen) atoms. The van der Waals surface area contributed by atoms with Gasteiger partial charge in [0.2, 0.25) is 0 Å². The molecule has 0 bridgehead atoms. The van der Waals surface area contributed by atoms with Crippen LogP contribution < -0.4 is 5.32 Å². The van der Waals surface area contributed by atoms with E-state index in [0.29, 0.717) is 0 Å². The number of fused-ring (bicyclic) bond motifs is 3. The number of benzene rings is 3. The summed E-state index contributed by atoms with van der Waals surface area (Å²) in [6, 6.07) is 19.6. The number of alkyl carbamates (subject to hydrolysis) is 1. The first kappa shape index (κ1) is 22.8. The van der Waals surface area contributed by atoms with Crippen LogP contribution in [0.2, 0.25) is 5.02 Å². The molecule has 1 amide bonds. The van der Waals surface area contributed by atoms with E-state index in [1.54, 1.807) is 0 Å². The number of alkyl halides is 3. The van der Waals surface area contributed by atoms with Crippen molar-refractivity contribution in [2.45, 2.75) is 18.5 Å². The molecule has 7 heteroatoms. The van der Waals surface area contributed by atoms with Crippen molar-refractivity contribution < 1.29 is 22.7 Å². The van der Waals surface area contributed by atoms with Gasteiger partial charge in [-0.05, 0) is 40.5 Å². The lowest BCUT2D eigenvalue weighted by molar-refractivity contribution is -0.137. The fourth-order valence-corrected chi connectivity index (χ4v) is 4.09. The van der Waals surface area contributed by atoms with E-state index in [1.165, 1.54) is 12.1 Å². The summed E-state index contributed by atoms with van der Waals surface area (Å²) in [6.07, 6.45) is -4.85. The fraction of sp³-hybridized carbons (Fsp3) is 0.192. The van der Waals surface area contributed by atoms with Crippen LogP contribution in [-0.2, 0) is 10.9 Å². The van der Waals surface area contributed by atoms with Gasteiger partial charge in [-0.15, -0.1) is 0 Å². The van der Waals surface area contributed by atoms with Crippen LogP contribution in [0, 0.1) is 11.8 Å². The highest BCUT2D eigenvalue weighted by Crippen LogP contribution is 2.44. The molecule has 0 radical (unpaired) electrons. The highest BCUT2D eigenvalue weighted by molar-refractivity contribution is 6.31. The Morgan fingerprint density at radius 2 is 1.64 bits per heavy atom. The van der Waals surface area contributed by atoms with E-state index in [2.05, 4.69) is 29.3 Å². The number of amides is 1. The summed E-state index contributed by atoms with van der Waals surface area (Å²) in [5.74, 6) is 5.37. The zero-order valence-electron chi connectivity index (χ0n) is 17.4. The van der Waals surface area contributed by atoms with Gasteiger partial charge in [-0.25, -0.2) is 4.79 Å². The van der Waals surface area contributed by atoms with Gasteiger partial charge in [0, 0.05) is 24.4 Å². The molecular formula is C26H19ClF3NO2. The predicted molar refractivity (Wildman–Crippen MR) is 121 cm³/mol. The topological polar surface area (TPSA) is 38.3 Å². The average Bonchev–Trinajstić information content (AvgIpc) is 3.11. The Hall–Kier alpha value is -3.43. The normalized spacial score (nSPS) is 12.4. The van der Waals surface area contributed by atoms with Crippen LogP contribution in [0.1, 0.15) is 34.6 Å². The third kappa shape index (κ3) is 5.15. The third-order valence-corrected chi connectivity index (χ3v) is 5.70. The summed E-state index contributed by atoms with van der Waals surface area (Å²) in [5, 5.41) is 2.25. The van der Waals surface area contributed by atoms with E-state index in [4.69, 9.17) is 16.3 Å². The van der Waals surface area contributed by atoms with Crippen LogP contribution >= 0.6 is 11.6 Å². The molecule has 0 saturated heterocycles. The number of rotatable bonds is 4. The van der Waals surface area contributed by atoms with E-state index in [1.807, 2.05) is 36.4 Å². The molecule has 0 unspecified atom stereocenters. The number of halogens is 4. The summed E-state index contributed by atoms with van der Waals surface area (Å²) in [7, 11) is 0. The molecule has 0 saturated carbocycles. The molecule has 3 nitrogen and oxygen atoms in total. The van der Waals surface area contributed by atoms with Gasteiger partial charge in [0.05, 0.1) is 10.6 Å². The van der Waals surface area contributed by atoms with E-state index in [-0.39, 0.29) is 36.1 Å². The summed E-state index contributed by atoms with van der Waals surface area (Å²) in [4.78, 5) is 12.1. The predicted octanol–water partition coefficient (Wildman–Crippen LogP) is 6.64. The van der Waals surface area contributed by atoms with Crippen molar-refractivity contribution in [3.63, 3.8) is 0 Å². The lowest BCUT2D eigenvalue weighted by Gasteiger charge is -2.14. The summed E-state index contributed by atoms with van der Waals surface area (Å²) >= 11 is 5.60. The summed E-state index contributed by atoms with van der Waals surface area (Å²) in [6.45, 7) is 0.417. The maximum Gasteiger partial charge on any atom is 0.417 e. The van der Waals surface area contributed by atoms with Crippen LogP contribution in [0.15, 0.2) is 66.7 Å². The molecule has 0 aliphatic heterocycles. The summed E-state index contributed by atoms with van der Waals surface area (Å²) < 4.78 is 44.2. The zero-order chi connectivity index (χ0) is 23.4. The summed E-state index contributed by atoms with van der Waals surface area (Å²) in [5.41, 5.74) is 3.82. The van der Waals surface area contributed by atoms with Crippen molar-refractivity contribution in [1.82, 2.24) is 5.32 Å². The highest BCUT2D eigenvalue weighted by Gasteiger charge is 2.33. The van der Waals surface area contributed by atoms with Gasteiger partial charge < -0.3 is 10.1 Å². The van der Waals surface area contributed by atoms with Gasteiger partial charge in [-0.2, -0.15) is 13.2 Å². The van der Waals surface area contributed by atoms with Crippen molar-refractivity contribution in [3.05, 3.63) is 94.0 Å². The minimum atomic E-state index is -4.54. The molecular weight excluding hydrogens is 451 g/mol. The minimum Gasteiger partial charge on any atom is -0.449 e. The Kier molecular flexibility index (Phi) is 6.62. The third-order valence-electron chi connectivity index (χ3n) is 5.37. The Balaban J connectivity index is 1.29. The molecule has 1 N–H and O–H groups in total. The van der Waals surface area contributed by atoms with Crippen molar-refractivity contribution in [2.75, 3.05) is 13.2 Å². The quantitative estimate of drug-likeness (QED) is 0.343. The number of ether oxygens (including phenoxy) is 1. The SMILES string of the molecule is O=C(NCCC#Cc1ccc(Cl)c(C(F)(F)F)c1)OCC1c2ccccc2-c2ccccc21. The van der Waals surface area contributed by atoms with Crippen molar-refractivity contribution >= 4 is 17.7 Å². The fourth-order valence-electron chi connectivity index (χ4n) is 3.86.